The van der Waals surface area contributed by atoms with E-state index in [4.69, 9.17) is 11.6 Å². The molecule has 0 aliphatic heterocycles. The van der Waals surface area contributed by atoms with Crippen LogP contribution in [0.25, 0.3) is 0 Å². The van der Waals surface area contributed by atoms with Crippen molar-refractivity contribution in [2.45, 2.75) is 24.8 Å². The summed E-state index contributed by atoms with van der Waals surface area (Å²) in [5, 5.41) is 7.83. The average Bonchev–Trinajstić information content (AvgIpc) is 2.33. The van der Waals surface area contributed by atoms with E-state index in [1.165, 1.54) is 6.42 Å². The molecule has 1 amide bonds. The Morgan fingerprint density at radius 3 is 2.42 bits per heavy atom. The topological polar surface area (TPSA) is 49.3 Å². The summed E-state index contributed by atoms with van der Waals surface area (Å²) < 4.78 is 0. The van der Waals surface area contributed by atoms with Gasteiger partial charge in [-0.3, -0.25) is 4.79 Å². The van der Waals surface area contributed by atoms with Crippen LogP contribution >= 0.6 is 11.6 Å². The molecule has 1 aliphatic rings. The van der Waals surface area contributed by atoms with Gasteiger partial charge in [0.1, 0.15) is 0 Å². The number of likely N-dealkylation sites (N-methyl/N-ethyl adjacent to an activating group) is 2. The minimum atomic E-state index is -0.114. The standard InChI is InChI=1S/C13H19ClN4O/c1-17(2)13(7-4-8-13)9-18(3)12(19)10-5-6-11(14)16-15-10/h5-6H,4,7-9H2,1-3H3. The number of hydrogen-bond acceptors (Lipinski definition) is 4. The van der Waals surface area contributed by atoms with Crippen LogP contribution in [0.4, 0.5) is 0 Å². The first-order chi connectivity index (χ1) is 8.94. The number of carbonyl (C=O) groups excluding carboxylic acids is 1. The summed E-state index contributed by atoms with van der Waals surface area (Å²) >= 11 is 5.67. The summed E-state index contributed by atoms with van der Waals surface area (Å²) in [7, 11) is 5.95. The number of halogens is 1. The van der Waals surface area contributed by atoms with Gasteiger partial charge in [-0.05, 0) is 45.5 Å². The van der Waals surface area contributed by atoms with Crippen molar-refractivity contribution in [2.75, 3.05) is 27.7 Å². The van der Waals surface area contributed by atoms with Gasteiger partial charge in [-0.15, -0.1) is 10.2 Å². The van der Waals surface area contributed by atoms with Crippen molar-refractivity contribution < 1.29 is 4.79 Å². The van der Waals surface area contributed by atoms with Gasteiger partial charge in [0.05, 0.1) is 0 Å². The van der Waals surface area contributed by atoms with E-state index in [0.29, 0.717) is 17.4 Å². The van der Waals surface area contributed by atoms with Crippen LogP contribution in [0.3, 0.4) is 0 Å². The van der Waals surface area contributed by atoms with E-state index in [-0.39, 0.29) is 11.4 Å². The normalized spacial score (nSPS) is 17.1. The SMILES string of the molecule is CN(CC1(N(C)C)CCC1)C(=O)c1ccc(Cl)nn1. The predicted molar refractivity (Wildman–Crippen MR) is 74.3 cm³/mol. The fraction of sp³-hybridized carbons (Fsp3) is 0.615. The highest BCUT2D eigenvalue weighted by molar-refractivity contribution is 6.29. The molecule has 1 fully saturated rings. The molecule has 0 atom stereocenters. The first-order valence-electron chi connectivity index (χ1n) is 6.37. The number of hydrogen-bond donors (Lipinski definition) is 0. The van der Waals surface area contributed by atoms with Gasteiger partial charge in [0.15, 0.2) is 10.8 Å². The first kappa shape index (κ1) is 14.2. The third kappa shape index (κ3) is 2.87. The lowest BCUT2D eigenvalue weighted by Gasteiger charge is -2.49. The van der Waals surface area contributed by atoms with Crippen LogP contribution in [0.15, 0.2) is 12.1 Å². The van der Waals surface area contributed by atoms with Gasteiger partial charge in [-0.25, -0.2) is 0 Å². The minimum Gasteiger partial charge on any atom is -0.338 e. The molecule has 1 heterocycles. The maximum atomic E-state index is 12.3. The van der Waals surface area contributed by atoms with Gasteiger partial charge in [0, 0.05) is 19.1 Å². The highest BCUT2D eigenvalue weighted by Gasteiger charge is 2.40. The Kier molecular flexibility index (Phi) is 4.06. The second-order valence-electron chi connectivity index (χ2n) is 5.37. The highest BCUT2D eigenvalue weighted by atomic mass is 35.5. The van der Waals surface area contributed by atoms with Crippen molar-refractivity contribution in [1.29, 1.82) is 0 Å². The highest BCUT2D eigenvalue weighted by Crippen LogP contribution is 2.36. The monoisotopic (exact) mass is 282 g/mol. The second-order valence-corrected chi connectivity index (χ2v) is 5.76. The summed E-state index contributed by atoms with van der Waals surface area (Å²) in [5.41, 5.74) is 0.449. The molecule has 6 heteroatoms. The van der Waals surface area contributed by atoms with Gasteiger partial charge in [-0.2, -0.15) is 0 Å². The molecule has 0 spiro atoms. The maximum absolute atomic E-state index is 12.3. The van der Waals surface area contributed by atoms with Crippen LogP contribution < -0.4 is 0 Å². The number of amides is 1. The Morgan fingerprint density at radius 1 is 1.32 bits per heavy atom. The first-order valence-corrected chi connectivity index (χ1v) is 6.74. The maximum Gasteiger partial charge on any atom is 0.274 e. The molecule has 0 aromatic carbocycles. The molecule has 0 saturated heterocycles. The molecule has 19 heavy (non-hydrogen) atoms. The molecule has 104 valence electrons. The van der Waals surface area contributed by atoms with Gasteiger partial charge in [0.25, 0.3) is 5.91 Å². The zero-order chi connectivity index (χ0) is 14.0. The Morgan fingerprint density at radius 2 is 2.00 bits per heavy atom. The van der Waals surface area contributed by atoms with Crippen LogP contribution in [0.5, 0.6) is 0 Å². The smallest absolute Gasteiger partial charge is 0.274 e. The van der Waals surface area contributed by atoms with Crippen molar-refractivity contribution >= 4 is 17.5 Å². The summed E-state index contributed by atoms with van der Waals surface area (Å²) in [4.78, 5) is 16.2. The van der Waals surface area contributed by atoms with E-state index in [0.717, 1.165) is 12.8 Å². The summed E-state index contributed by atoms with van der Waals surface area (Å²) in [6, 6.07) is 3.19. The Labute approximate surface area is 118 Å². The van der Waals surface area contributed by atoms with Crippen LogP contribution in [-0.4, -0.2) is 59.1 Å². The van der Waals surface area contributed by atoms with Crippen LogP contribution in [-0.2, 0) is 0 Å². The van der Waals surface area contributed by atoms with E-state index in [1.54, 1.807) is 17.0 Å². The molecule has 5 nitrogen and oxygen atoms in total. The van der Waals surface area contributed by atoms with Gasteiger partial charge in [-0.1, -0.05) is 11.6 Å². The Hall–Kier alpha value is -1.20. The van der Waals surface area contributed by atoms with Crippen LogP contribution in [0.1, 0.15) is 29.8 Å². The summed E-state index contributed by atoms with van der Waals surface area (Å²) in [6.07, 6.45) is 3.48. The number of rotatable bonds is 4. The summed E-state index contributed by atoms with van der Waals surface area (Å²) in [5.74, 6) is -0.114. The molecule has 1 aromatic rings. The van der Waals surface area contributed by atoms with Crippen LogP contribution in [0.2, 0.25) is 5.15 Å². The van der Waals surface area contributed by atoms with E-state index < -0.39 is 0 Å². The lowest BCUT2D eigenvalue weighted by molar-refractivity contribution is 0.0249. The third-order valence-corrected chi connectivity index (χ3v) is 4.16. The molecule has 1 aromatic heterocycles. The number of carbonyl (C=O) groups is 1. The minimum absolute atomic E-state index is 0.114. The van der Waals surface area contributed by atoms with Crippen molar-refractivity contribution in [3.8, 4) is 0 Å². The summed E-state index contributed by atoms with van der Waals surface area (Å²) in [6.45, 7) is 0.711. The average molecular weight is 283 g/mol. The van der Waals surface area contributed by atoms with Crippen molar-refractivity contribution in [3.63, 3.8) is 0 Å². The van der Waals surface area contributed by atoms with E-state index >= 15 is 0 Å². The van der Waals surface area contributed by atoms with E-state index in [2.05, 4.69) is 29.2 Å². The molecule has 1 aliphatic carbocycles. The second kappa shape index (κ2) is 5.43. The molecule has 0 radical (unpaired) electrons. The van der Waals surface area contributed by atoms with E-state index in [1.807, 2.05) is 7.05 Å². The molecule has 0 bridgehead atoms. The van der Waals surface area contributed by atoms with Gasteiger partial charge < -0.3 is 9.80 Å². The Balaban J connectivity index is 2.05. The molecule has 0 N–H and O–H groups in total. The molecular formula is C13H19ClN4O. The Bertz CT molecular complexity index is 456. The fourth-order valence-corrected chi connectivity index (χ4v) is 2.57. The lowest BCUT2D eigenvalue weighted by Crippen LogP contribution is -2.57. The van der Waals surface area contributed by atoms with Gasteiger partial charge in [0.2, 0.25) is 0 Å². The number of aromatic nitrogens is 2. The lowest BCUT2D eigenvalue weighted by atomic mass is 9.75. The molecule has 2 rings (SSSR count). The quantitative estimate of drug-likeness (QED) is 0.843. The van der Waals surface area contributed by atoms with E-state index in [9.17, 15) is 4.79 Å². The zero-order valence-electron chi connectivity index (χ0n) is 11.6. The van der Waals surface area contributed by atoms with Crippen molar-refractivity contribution in [3.05, 3.63) is 23.0 Å². The van der Waals surface area contributed by atoms with Crippen molar-refractivity contribution in [1.82, 2.24) is 20.0 Å². The van der Waals surface area contributed by atoms with Crippen LogP contribution in [0, 0.1) is 0 Å². The number of nitrogens with zero attached hydrogens (tertiary/aromatic N) is 4. The molecule has 1 saturated carbocycles. The molecular weight excluding hydrogens is 264 g/mol. The third-order valence-electron chi connectivity index (χ3n) is 3.96. The predicted octanol–water partition coefficient (Wildman–Crippen LogP) is 1.69. The largest absolute Gasteiger partial charge is 0.338 e. The fourth-order valence-electron chi connectivity index (χ4n) is 2.47. The molecule has 0 unspecified atom stereocenters. The zero-order valence-corrected chi connectivity index (χ0v) is 12.3. The van der Waals surface area contributed by atoms with Crippen molar-refractivity contribution in [2.24, 2.45) is 0 Å². The van der Waals surface area contributed by atoms with Gasteiger partial charge >= 0.3 is 0 Å².